The molecular weight excluding hydrogens is 214 g/mol. The van der Waals surface area contributed by atoms with Gasteiger partial charge in [-0.25, -0.2) is 4.98 Å². The Balaban J connectivity index is 2.08. The van der Waals surface area contributed by atoms with Gasteiger partial charge >= 0.3 is 0 Å². The molecule has 17 heavy (non-hydrogen) atoms. The summed E-state index contributed by atoms with van der Waals surface area (Å²) in [7, 11) is 0. The number of aliphatic hydroxyl groups is 1. The van der Waals surface area contributed by atoms with E-state index in [0.29, 0.717) is 12.2 Å². The van der Waals surface area contributed by atoms with Crippen LogP contribution in [0.1, 0.15) is 25.3 Å². The fourth-order valence-electron chi connectivity index (χ4n) is 2.51. The monoisotopic (exact) mass is 235 g/mol. The van der Waals surface area contributed by atoms with Crippen molar-refractivity contribution >= 4 is 5.82 Å². The van der Waals surface area contributed by atoms with Gasteiger partial charge in [0.05, 0.1) is 5.60 Å². The minimum atomic E-state index is -0.718. The third-order valence-electron chi connectivity index (χ3n) is 3.65. The van der Waals surface area contributed by atoms with E-state index in [9.17, 15) is 5.11 Å². The topological polar surface area (TPSA) is 71.2 Å². The molecule has 4 N–H and O–H groups in total. The maximum Gasteiger partial charge on any atom is 0.126 e. The molecule has 0 aromatic carbocycles. The second-order valence-electron chi connectivity index (χ2n) is 5.12. The number of hydrogen-bond donors (Lipinski definition) is 3. The van der Waals surface area contributed by atoms with E-state index in [4.69, 9.17) is 5.73 Å². The smallest absolute Gasteiger partial charge is 0.126 e. The molecule has 2 heterocycles. The lowest BCUT2D eigenvalue weighted by Gasteiger charge is -2.36. The maximum atomic E-state index is 10.6. The van der Waals surface area contributed by atoms with Crippen LogP contribution in [0.5, 0.6) is 0 Å². The van der Waals surface area contributed by atoms with Crippen molar-refractivity contribution in [2.24, 2.45) is 5.92 Å². The number of nitrogens with one attached hydrogen (secondary N) is 1. The lowest BCUT2D eigenvalue weighted by Crippen LogP contribution is -2.45. The normalized spacial score (nSPS) is 24.2. The summed E-state index contributed by atoms with van der Waals surface area (Å²) in [5.74, 6) is 0.812. The van der Waals surface area contributed by atoms with Gasteiger partial charge in [0.15, 0.2) is 0 Å². The zero-order chi connectivity index (χ0) is 12.3. The molecule has 94 valence electrons. The molecular formula is C13H21N3O. The van der Waals surface area contributed by atoms with Crippen molar-refractivity contribution < 1.29 is 5.11 Å². The highest BCUT2D eigenvalue weighted by molar-refractivity contribution is 5.39. The number of nitrogens with two attached hydrogens (primary N) is 1. The number of hydrogen-bond acceptors (Lipinski definition) is 4. The quantitative estimate of drug-likeness (QED) is 0.729. The van der Waals surface area contributed by atoms with Gasteiger partial charge in [0, 0.05) is 25.1 Å². The highest BCUT2D eigenvalue weighted by Crippen LogP contribution is 2.28. The predicted octanol–water partition coefficient (Wildman–Crippen LogP) is 0.957. The van der Waals surface area contributed by atoms with E-state index < -0.39 is 5.60 Å². The van der Waals surface area contributed by atoms with Crippen LogP contribution in [0.15, 0.2) is 18.3 Å². The summed E-state index contributed by atoms with van der Waals surface area (Å²) in [5.41, 5.74) is 6.04. The van der Waals surface area contributed by atoms with Crippen molar-refractivity contribution in [2.45, 2.75) is 31.8 Å². The molecule has 2 atom stereocenters. The number of rotatable bonds is 3. The third-order valence-corrected chi connectivity index (χ3v) is 3.65. The van der Waals surface area contributed by atoms with Crippen LogP contribution in [0.4, 0.5) is 5.82 Å². The molecule has 1 aromatic heterocycles. The Bertz CT molecular complexity index is 373. The number of piperidine rings is 1. The van der Waals surface area contributed by atoms with Gasteiger partial charge in [0.2, 0.25) is 0 Å². The van der Waals surface area contributed by atoms with E-state index in [1.54, 1.807) is 6.20 Å². The summed E-state index contributed by atoms with van der Waals surface area (Å²) in [5, 5.41) is 13.9. The highest BCUT2D eigenvalue weighted by Gasteiger charge is 2.33. The lowest BCUT2D eigenvalue weighted by atomic mass is 9.79. The summed E-state index contributed by atoms with van der Waals surface area (Å²) >= 11 is 0. The van der Waals surface area contributed by atoms with Crippen molar-refractivity contribution in [3.05, 3.63) is 23.9 Å². The van der Waals surface area contributed by atoms with Crippen LogP contribution in [0.3, 0.4) is 0 Å². The van der Waals surface area contributed by atoms with Crippen molar-refractivity contribution in [2.75, 3.05) is 18.8 Å². The van der Waals surface area contributed by atoms with Crippen LogP contribution in [-0.2, 0) is 6.42 Å². The van der Waals surface area contributed by atoms with Crippen molar-refractivity contribution in [1.82, 2.24) is 10.3 Å². The van der Waals surface area contributed by atoms with Crippen LogP contribution < -0.4 is 11.1 Å². The summed E-state index contributed by atoms with van der Waals surface area (Å²) in [6, 6.07) is 3.80. The number of nitrogen functional groups attached to an aromatic ring is 1. The molecule has 0 amide bonds. The first-order chi connectivity index (χ1) is 8.09. The Kier molecular flexibility index (Phi) is 3.64. The van der Waals surface area contributed by atoms with E-state index in [2.05, 4.69) is 10.3 Å². The Morgan fingerprint density at radius 1 is 1.65 bits per heavy atom. The van der Waals surface area contributed by atoms with E-state index in [1.165, 1.54) is 0 Å². The standard InChI is InChI=1S/C13H21N3O/c1-13(17,11-5-3-6-15-9-11)8-10-4-2-7-16-12(10)14/h2,4,7,11,15,17H,3,5-6,8-9H2,1H3,(H2,14,16). The molecule has 0 saturated carbocycles. The van der Waals surface area contributed by atoms with E-state index in [1.807, 2.05) is 19.1 Å². The molecule has 0 bridgehead atoms. The molecule has 1 aliphatic rings. The van der Waals surface area contributed by atoms with Crippen molar-refractivity contribution in [3.63, 3.8) is 0 Å². The molecule has 1 aliphatic heterocycles. The molecule has 4 nitrogen and oxygen atoms in total. The summed E-state index contributed by atoms with van der Waals surface area (Å²) in [6.07, 6.45) is 4.44. The lowest BCUT2D eigenvalue weighted by molar-refractivity contribution is -0.0101. The van der Waals surface area contributed by atoms with Gasteiger partial charge in [-0.05, 0) is 37.9 Å². The predicted molar refractivity (Wildman–Crippen MR) is 68.6 cm³/mol. The zero-order valence-electron chi connectivity index (χ0n) is 10.3. The van der Waals surface area contributed by atoms with Crippen LogP contribution in [-0.4, -0.2) is 28.8 Å². The van der Waals surface area contributed by atoms with Crippen molar-refractivity contribution in [1.29, 1.82) is 0 Å². The first-order valence-electron chi connectivity index (χ1n) is 6.22. The average Bonchev–Trinajstić information content (AvgIpc) is 2.33. The van der Waals surface area contributed by atoms with Crippen molar-refractivity contribution in [3.8, 4) is 0 Å². The van der Waals surface area contributed by atoms with Gasteiger partial charge in [-0.1, -0.05) is 6.07 Å². The van der Waals surface area contributed by atoms with E-state index in [0.717, 1.165) is 31.5 Å². The summed E-state index contributed by atoms with van der Waals surface area (Å²) < 4.78 is 0. The summed E-state index contributed by atoms with van der Waals surface area (Å²) in [4.78, 5) is 4.06. The Morgan fingerprint density at radius 3 is 3.12 bits per heavy atom. The number of nitrogens with zero attached hydrogens (tertiary/aromatic N) is 1. The summed E-state index contributed by atoms with van der Waals surface area (Å²) in [6.45, 7) is 3.84. The average molecular weight is 235 g/mol. The van der Waals surface area contributed by atoms with Crippen LogP contribution in [0, 0.1) is 5.92 Å². The Morgan fingerprint density at radius 2 is 2.47 bits per heavy atom. The minimum Gasteiger partial charge on any atom is -0.389 e. The van der Waals surface area contributed by atoms with Gasteiger partial charge in [-0.15, -0.1) is 0 Å². The molecule has 0 aliphatic carbocycles. The molecule has 1 saturated heterocycles. The maximum absolute atomic E-state index is 10.6. The van der Waals surface area contributed by atoms with Crippen LogP contribution in [0.2, 0.25) is 0 Å². The SMILES string of the molecule is CC(O)(Cc1cccnc1N)C1CCCNC1. The highest BCUT2D eigenvalue weighted by atomic mass is 16.3. The number of pyridine rings is 1. The van der Waals surface area contributed by atoms with Gasteiger partial charge < -0.3 is 16.2 Å². The van der Waals surface area contributed by atoms with Gasteiger partial charge in [-0.2, -0.15) is 0 Å². The first kappa shape index (κ1) is 12.3. The minimum absolute atomic E-state index is 0.288. The third kappa shape index (κ3) is 2.96. The molecule has 4 heteroatoms. The molecule has 2 rings (SSSR count). The van der Waals surface area contributed by atoms with E-state index in [-0.39, 0.29) is 5.92 Å². The van der Waals surface area contributed by atoms with Crippen LogP contribution in [0.25, 0.3) is 0 Å². The van der Waals surface area contributed by atoms with Gasteiger partial charge in [0.1, 0.15) is 5.82 Å². The van der Waals surface area contributed by atoms with Crippen LogP contribution >= 0.6 is 0 Å². The molecule has 0 spiro atoms. The van der Waals surface area contributed by atoms with Gasteiger partial charge in [0.25, 0.3) is 0 Å². The van der Waals surface area contributed by atoms with Gasteiger partial charge in [-0.3, -0.25) is 0 Å². The van der Waals surface area contributed by atoms with E-state index >= 15 is 0 Å². The number of anilines is 1. The largest absolute Gasteiger partial charge is 0.389 e. The second kappa shape index (κ2) is 5.02. The molecule has 2 unspecified atom stereocenters. The fourth-order valence-corrected chi connectivity index (χ4v) is 2.51. The molecule has 1 fully saturated rings. The second-order valence-corrected chi connectivity index (χ2v) is 5.12. The molecule has 0 radical (unpaired) electrons. The first-order valence-corrected chi connectivity index (χ1v) is 6.22. The number of aromatic nitrogens is 1. The fraction of sp³-hybridized carbons (Fsp3) is 0.615. The zero-order valence-corrected chi connectivity index (χ0v) is 10.3. The Labute approximate surface area is 102 Å². The Hall–Kier alpha value is -1.13. The molecule has 1 aromatic rings.